The van der Waals surface area contributed by atoms with E-state index in [2.05, 4.69) is 34.5 Å². The third kappa shape index (κ3) is 2.71. The van der Waals surface area contributed by atoms with E-state index in [1.54, 1.807) is 4.52 Å². The van der Waals surface area contributed by atoms with Crippen molar-refractivity contribution in [3.8, 4) is 11.4 Å². The summed E-state index contributed by atoms with van der Waals surface area (Å²) in [7, 11) is 1.96. The molecule has 1 atom stereocenters. The molecule has 0 radical (unpaired) electrons. The molecular weight excluding hydrogens is 326 g/mol. The normalized spacial score (nSPS) is 12.5. The maximum Gasteiger partial charge on any atom is 0.185 e. The molecule has 132 valence electrons. The van der Waals surface area contributed by atoms with Crippen molar-refractivity contribution in [1.82, 2.24) is 29.6 Å². The third-order valence-corrected chi connectivity index (χ3v) is 4.66. The van der Waals surface area contributed by atoms with Crippen LogP contribution in [0.25, 0.3) is 17.0 Å². The Morgan fingerprint density at radius 3 is 2.42 bits per heavy atom. The maximum atomic E-state index is 4.70. The van der Waals surface area contributed by atoms with Gasteiger partial charge in [0.25, 0.3) is 0 Å². The average Bonchev–Trinajstić information content (AvgIpc) is 3.16. The molecule has 0 aliphatic heterocycles. The molecule has 1 N–H and O–H groups in total. The highest BCUT2D eigenvalue weighted by Crippen LogP contribution is 2.24. The molecule has 7 heteroatoms. The summed E-state index contributed by atoms with van der Waals surface area (Å²) < 4.78 is 3.68. The van der Waals surface area contributed by atoms with Gasteiger partial charge in [-0.25, -0.2) is 0 Å². The first kappa shape index (κ1) is 16.3. The van der Waals surface area contributed by atoms with Gasteiger partial charge in [0.1, 0.15) is 5.82 Å². The lowest BCUT2D eigenvalue weighted by atomic mass is 10.1. The van der Waals surface area contributed by atoms with Crippen LogP contribution in [0.4, 0.5) is 5.82 Å². The number of nitrogens with zero attached hydrogens (tertiary/aromatic N) is 6. The minimum atomic E-state index is 0.0882. The van der Waals surface area contributed by atoms with E-state index in [0.717, 1.165) is 34.2 Å². The Hall–Kier alpha value is -3.22. The van der Waals surface area contributed by atoms with Crippen molar-refractivity contribution in [1.29, 1.82) is 0 Å². The van der Waals surface area contributed by atoms with Crippen LogP contribution in [0.1, 0.15) is 29.9 Å². The van der Waals surface area contributed by atoms with E-state index in [-0.39, 0.29) is 6.04 Å². The number of hydrogen-bond donors (Lipinski definition) is 1. The van der Waals surface area contributed by atoms with Crippen molar-refractivity contribution in [2.24, 2.45) is 7.05 Å². The van der Waals surface area contributed by atoms with Gasteiger partial charge in [-0.3, -0.25) is 4.68 Å². The Morgan fingerprint density at radius 2 is 1.73 bits per heavy atom. The van der Waals surface area contributed by atoms with Gasteiger partial charge >= 0.3 is 0 Å². The number of hydrogen-bond acceptors (Lipinski definition) is 5. The molecule has 0 bridgehead atoms. The van der Waals surface area contributed by atoms with Gasteiger partial charge in [0.15, 0.2) is 11.5 Å². The molecule has 1 aromatic carbocycles. The SMILES string of the molecule is Cc1nn(C)c(C)c1C(C)Nc1ccc2nnc(-c3ccccc3)n2n1. The zero-order valence-electron chi connectivity index (χ0n) is 15.3. The Labute approximate surface area is 151 Å². The molecule has 0 fully saturated rings. The molecule has 0 saturated carbocycles. The lowest BCUT2D eigenvalue weighted by Gasteiger charge is -2.15. The number of rotatable bonds is 4. The van der Waals surface area contributed by atoms with Crippen LogP contribution in [0.5, 0.6) is 0 Å². The van der Waals surface area contributed by atoms with Crippen LogP contribution in [-0.2, 0) is 7.05 Å². The summed E-state index contributed by atoms with van der Waals surface area (Å²) in [6, 6.07) is 13.9. The predicted octanol–water partition coefficient (Wildman–Crippen LogP) is 3.31. The Balaban J connectivity index is 1.69. The molecule has 1 unspecified atom stereocenters. The molecule has 0 aliphatic rings. The predicted molar refractivity (Wildman–Crippen MR) is 101 cm³/mol. The van der Waals surface area contributed by atoms with Crippen LogP contribution in [0.3, 0.4) is 0 Å². The number of benzene rings is 1. The Bertz CT molecular complexity index is 1060. The molecule has 0 aliphatic carbocycles. The van der Waals surface area contributed by atoms with Crippen LogP contribution in [0, 0.1) is 13.8 Å². The van der Waals surface area contributed by atoms with E-state index in [1.807, 2.05) is 61.1 Å². The average molecular weight is 347 g/mol. The van der Waals surface area contributed by atoms with Crippen molar-refractivity contribution in [2.45, 2.75) is 26.8 Å². The summed E-state index contributed by atoms with van der Waals surface area (Å²) in [5, 5.41) is 21.2. The molecule has 4 rings (SSSR count). The van der Waals surface area contributed by atoms with Gasteiger partial charge in [0, 0.05) is 23.9 Å². The molecule has 3 heterocycles. The fraction of sp³-hybridized carbons (Fsp3) is 0.263. The number of aryl methyl sites for hydroxylation is 2. The van der Waals surface area contributed by atoms with E-state index >= 15 is 0 Å². The molecular formula is C19H21N7. The highest BCUT2D eigenvalue weighted by atomic mass is 15.4. The molecule has 0 saturated heterocycles. The largest absolute Gasteiger partial charge is 0.362 e. The zero-order chi connectivity index (χ0) is 18.3. The van der Waals surface area contributed by atoms with Gasteiger partial charge in [-0.2, -0.15) is 9.61 Å². The van der Waals surface area contributed by atoms with E-state index in [1.165, 1.54) is 5.56 Å². The van der Waals surface area contributed by atoms with E-state index in [4.69, 9.17) is 5.10 Å². The molecule has 0 spiro atoms. The van der Waals surface area contributed by atoms with Crippen molar-refractivity contribution in [3.63, 3.8) is 0 Å². The minimum absolute atomic E-state index is 0.0882. The second kappa shape index (κ2) is 6.25. The third-order valence-electron chi connectivity index (χ3n) is 4.66. The van der Waals surface area contributed by atoms with Crippen LogP contribution >= 0.6 is 0 Å². The van der Waals surface area contributed by atoms with Crippen LogP contribution in [-0.4, -0.2) is 29.6 Å². The fourth-order valence-electron chi connectivity index (χ4n) is 3.34. The summed E-state index contributed by atoms with van der Waals surface area (Å²) in [4.78, 5) is 0. The molecule has 26 heavy (non-hydrogen) atoms. The first-order valence-electron chi connectivity index (χ1n) is 8.59. The molecule has 4 aromatic rings. The first-order chi connectivity index (χ1) is 12.5. The topological polar surface area (TPSA) is 72.9 Å². The van der Waals surface area contributed by atoms with E-state index < -0.39 is 0 Å². The standard InChI is InChI=1S/C19H21N7/c1-12(18-13(2)23-25(4)14(18)3)20-16-10-11-17-21-22-19(26(17)24-16)15-8-6-5-7-9-15/h5-12H,1-4H3,(H,20,24). The summed E-state index contributed by atoms with van der Waals surface area (Å²) in [5.41, 5.74) is 5.08. The summed E-state index contributed by atoms with van der Waals surface area (Å²) in [6.07, 6.45) is 0. The van der Waals surface area contributed by atoms with Crippen LogP contribution < -0.4 is 5.32 Å². The smallest absolute Gasteiger partial charge is 0.185 e. The van der Waals surface area contributed by atoms with Crippen LogP contribution in [0.15, 0.2) is 42.5 Å². The fourth-order valence-corrected chi connectivity index (χ4v) is 3.34. The summed E-state index contributed by atoms with van der Waals surface area (Å²) >= 11 is 0. The maximum absolute atomic E-state index is 4.70. The Kier molecular flexibility index (Phi) is 3.91. The number of fused-ring (bicyclic) bond motifs is 1. The van der Waals surface area contributed by atoms with Gasteiger partial charge < -0.3 is 5.32 Å². The second-order valence-electron chi connectivity index (χ2n) is 6.45. The monoisotopic (exact) mass is 347 g/mol. The van der Waals surface area contributed by atoms with Crippen molar-refractivity contribution in [2.75, 3.05) is 5.32 Å². The van der Waals surface area contributed by atoms with Gasteiger partial charge in [0.2, 0.25) is 0 Å². The lowest BCUT2D eigenvalue weighted by Crippen LogP contribution is -2.11. The highest BCUT2D eigenvalue weighted by Gasteiger charge is 2.17. The molecule has 3 aromatic heterocycles. The van der Waals surface area contributed by atoms with Gasteiger partial charge in [0.05, 0.1) is 11.7 Å². The number of nitrogens with one attached hydrogen (secondary N) is 1. The van der Waals surface area contributed by atoms with Gasteiger partial charge in [-0.05, 0) is 32.9 Å². The lowest BCUT2D eigenvalue weighted by molar-refractivity contribution is 0.728. The van der Waals surface area contributed by atoms with Crippen molar-refractivity contribution >= 4 is 11.5 Å². The molecule has 0 amide bonds. The Morgan fingerprint density at radius 1 is 0.962 bits per heavy atom. The zero-order valence-corrected chi connectivity index (χ0v) is 15.3. The molecule has 7 nitrogen and oxygen atoms in total. The van der Waals surface area contributed by atoms with Gasteiger partial charge in [-0.1, -0.05) is 30.3 Å². The van der Waals surface area contributed by atoms with Crippen molar-refractivity contribution < 1.29 is 0 Å². The van der Waals surface area contributed by atoms with Crippen molar-refractivity contribution in [3.05, 3.63) is 59.4 Å². The van der Waals surface area contributed by atoms with E-state index in [9.17, 15) is 0 Å². The second-order valence-corrected chi connectivity index (χ2v) is 6.45. The highest BCUT2D eigenvalue weighted by molar-refractivity contribution is 5.59. The number of anilines is 1. The van der Waals surface area contributed by atoms with Crippen LogP contribution in [0.2, 0.25) is 0 Å². The van der Waals surface area contributed by atoms with E-state index in [0.29, 0.717) is 0 Å². The van der Waals surface area contributed by atoms with Gasteiger partial charge in [-0.15, -0.1) is 15.3 Å². The first-order valence-corrected chi connectivity index (χ1v) is 8.59. The summed E-state index contributed by atoms with van der Waals surface area (Å²) in [6.45, 7) is 6.23. The summed E-state index contributed by atoms with van der Waals surface area (Å²) in [5.74, 6) is 1.50. The quantitative estimate of drug-likeness (QED) is 0.613. The minimum Gasteiger partial charge on any atom is -0.362 e. The number of aromatic nitrogens is 6.